The van der Waals surface area contributed by atoms with Crippen LogP contribution in [-0.4, -0.2) is 46.7 Å². The van der Waals surface area contributed by atoms with Gasteiger partial charge in [0.15, 0.2) is 0 Å². The smallest absolute Gasteiger partial charge is 0.264 e. The average Bonchev–Trinajstić information content (AvgIpc) is 2.63. The molecule has 162 valence electrons. The van der Waals surface area contributed by atoms with Gasteiger partial charge in [0.05, 0.1) is 38.3 Å². The minimum absolute atomic E-state index is 0.232. The standard InChI is InChI=1S/C21H42O5S/c1-3-4-5-6-7-8-9-12-15-20-21(25-19-18-24-20)16-13-10-11-14-17-26-27(2,22)23/h20-21H,3-19H2,1-2H3. The molecule has 6 heteroatoms. The Labute approximate surface area is 167 Å². The molecule has 1 fully saturated rings. The van der Waals surface area contributed by atoms with Crippen LogP contribution in [0.4, 0.5) is 0 Å². The summed E-state index contributed by atoms with van der Waals surface area (Å²) < 4.78 is 38.5. The predicted octanol–water partition coefficient (Wildman–Crippen LogP) is 5.23. The minimum atomic E-state index is -3.30. The third-order valence-corrected chi connectivity index (χ3v) is 5.78. The Balaban J connectivity index is 2.04. The first kappa shape index (κ1) is 24.9. The number of hydrogen-bond acceptors (Lipinski definition) is 5. The highest BCUT2D eigenvalue weighted by Crippen LogP contribution is 2.22. The van der Waals surface area contributed by atoms with Crippen LogP contribution in [0.2, 0.25) is 0 Å². The Morgan fingerprint density at radius 3 is 1.67 bits per heavy atom. The van der Waals surface area contributed by atoms with Crippen molar-refractivity contribution in [3.63, 3.8) is 0 Å². The van der Waals surface area contributed by atoms with Crippen molar-refractivity contribution in [2.45, 2.75) is 109 Å². The fourth-order valence-electron chi connectivity index (χ4n) is 3.64. The first-order chi connectivity index (χ1) is 13.0. The number of ether oxygens (including phenoxy) is 2. The monoisotopic (exact) mass is 406 g/mol. The molecule has 0 aromatic carbocycles. The molecule has 0 amide bonds. The highest BCUT2D eigenvalue weighted by atomic mass is 32.2. The summed E-state index contributed by atoms with van der Waals surface area (Å²) in [5.41, 5.74) is 0. The highest BCUT2D eigenvalue weighted by molar-refractivity contribution is 7.85. The molecule has 2 atom stereocenters. The maximum Gasteiger partial charge on any atom is 0.264 e. The lowest BCUT2D eigenvalue weighted by molar-refractivity contribution is -0.145. The molecular weight excluding hydrogens is 364 g/mol. The van der Waals surface area contributed by atoms with Gasteiger partial charge in [-0.2, -0.15) is 8.42 Å². The maximum atomic E-state index is 10.9. The fourth-order valence-corrected chi connectivity index (χ4v) is 4.06. The zero-order valence-electron chi connectivity index (χ0n) is 17.6. The number of unbranched alkanes of at least 4 members (excludes halogenated alkanes) is 10. The van der Waals surface area contributed by atoms with E-state index in [2.05, 4.69) is 6.92 Å². The SMILES string of the molecule is CCCCCCCCCCC1OCCOC1CCCCCCOS(C)(=O)=O. The van der Waals surface area contributed by atoms with E-state index in [0.717, 1.165) is 51.4 Å². The van der Waals surface area contributed by atoms with Crippen molar-refractivity contribution in [3.05, 3.63) is 0 Å². The zero-order valence-corrected chi connectivity index (χ0v) is 18.4. The largest absolute Gasteiger partial charge is 0.373 e. The summed E-state index contributed by atoms with van der Waals surface area (Å²) in [5, 5.41) is 0. The molecule has 1 aliphatic heterocycles. The Hall–Kier alpha value is -0.170. The number of hydrogen-bond donors (Lipinski definition) is 0. The normalized spacial score (nSPS) is 20.8. The van der Waals surface area contributed by atoms with Crippen LogP contribution in [0.25, 0.3) is 0 Å². The molecule has 0 bridgehead atoms. The topological polar surface area (TPSA) is 61.8 Å². The van der Waals surface area contributed by atoms with Crippen LogP contribution in [0.5, 0.6) is 0 Å². The third-order valence-electron chi connectivity index (χ3n) is 5.18. The molecule has 2 unspecified atom stereocenters. The van der Waals surface area contributed by atoms with E-state index in [1.54, 1.807) is 0 Å². The van der Waals surface area contributed by atoms with Crippen molar-refractivity contribution in [2.75, 3.05) is 26.1 Å². The summed E-state index contributed by atoms with van der Waals surface area (Å²) in [6.45, 7) is 3.99. The van der Waals surface area contributed by atoms with Crippen molar-refractivity contribution in [2.24, 2.45) is 0 Å². The van der Waals surface area contributed by atoms with Gasteiger partial charge in [-0.1, -0.05) is 77.6 Å². The molecule has 27 heavy (non-hydrogen) atoms. The Bertz CT molecular complexity index is 438. The lowest BCUT2D eigenvalue weighted by atomic mass is 9.99. The fraction of sp³-hybridized carbons (Fsp3) is 1.00. The van der Waals surface area contributed by atoms with Crippen LogP contribution in [-0.2, 0) is 23.8 Å². The van der Waals surface area contributed by atoms with Gasteiger partial charge in [-0.25, -0.2) is 0 Å². The molecule has 0 aromatic heterocycles. The minimum Gasteiger partial charge on any atom is -0.373 e. The van der Waals surface area contributed by atoms with E-state index in [1.165, 1.54) is 51.4 Å². The van der Waals surface area contributed by atoms with Crippen molar-refractivity contribution >= 4 is 10.1 Å². The summed E-state index contributed by atoms with van der Waals surface area (Å²) in [7, 11) is -3.30. The molecular formula is C21H42O5S. The highest BCUT2D eigenvalue weighted by Gasteiger charge is 2.25. The summed E-state index contributed by atoms with van der Waals surface area (Å²) >= 11 is 0. The van der Waals surface area contributed by atoms with Crippen LogP contribution in [0.15, 0.2) is 0 Å². The van der Waals surface area contributed by atoms with Gasteiger partial charge in [-0.3, -0.25) is 4.18 Å². The lowest BCUT2D eigenvalue weighted by Gasteiger charge is -2.32. The number of rotatable bonds is 17. The lowest BCUT2D eigenvalue weighted by Crippen LogP contribution is -2.38. The van der Waals surface area contributed by atoms with Gasteiger partial charge in [-0.15, -0.1) is 0 Å². The van der Waals surface area contributed by atoms with Crippen LogP contribution >= 0.6 is 0 Å². The summed E-state index contributed by atoms with van der Waals surface area (Å²) in [4.78, 5) is 0. The summed E-state index contributed by atoms with van der Waals surface area (Å²) in [6.07, 6.45) is 18.4. The molecule has 1 rings (SSSR count). The molecule has 5 nitrogen and oxygen atoms in total. The Morgan fingerprint density at radius 2 is 1.19 bits per heavy atom. The van der Waals surface area contributed by atoms with Gasteiger partial charge < -0.3 is 9.47 Å². The first-order valence-electron chi connectivity index (χ1n) is 11.1. The maximum absolute atomic E-state index is 10.9. The van der Waals surface area contributed by atoms with E-state index < -0.39 is 10.1 Å². The average molecular weight is 407 g/mol. The van der Waals surface area contributed by atoms with E-state index in [9.17, 15) is 8.42 Å². The molecule has 0 saturated carbocycles. The second kappa shape index (κ2) is 15.7. The Morgan fingerprint density at radius 1 is 0.741 bits per heavy atom. The predicted molar refractivity (Wildman–Crippen MR) is 111 cm³/mol. The van der Waals surface area contributed by atoms with Crippen molar-refractivity contribution < 1.29 is 22.1 Å². The van der Waals surface area contributed by atoms with Crippen LogP contribution in [0, 0.1) is 0 Å². The Kier molecular flexibility index (Phi) is 14.5. The third kappa shape index (κ3) is 14.5. The van der Waals surface area contributed by atoms with Crippen LogP contribution < -0.4 is 0 Å². The zero-order chi connectivity index (χ0) is 19.8. The van der Waals surface area contributed by atoms with Crippen molar-refractivity contribution in [1.82, 2.24) is 0 Å². The van der Waals surface area contributed by atoms with Gasteiger partial charge >= 0.3 is 0 Å². The van der Waals surface area contributed by atoms with Gasteiger partial charge in [0.25, 0.3) is 10.1 Å². The molecule has 0 spiro atoms. The quantitative estimate of drug-likeness (QED) is 0.244. The summed E-state index contributed by atoms with van der Waals surface area (Å²) in [5.74, 6) is 0. The molecule has 0 aliphatic carbocycles. The molecule has 1 saturated heterocycles. The molecule has 0 aromatic rings. The van der Waals surface area contributed by atoms with Gasteiger partial charge in [0, 0.05) is 0 Å². The van der Waals surface area contributed by atoms with E-state index in [0.29, 0.717) is 13.2 Å². The van der Waals surface area contributed by atoms with E-state index in [1.807, 2.05) is 0 Å². The molecule has 0 radical (unpaired) electrons. The van der Waals surface area contributed by atoms with Crippen molar-refractivity contribution in [3.8, 4) is 0 Å². The van der Waals surface area contributed by atoms with E-state index in [-0.39, 0.29) is 12.2 Å². The molecule has 1 aliphatic rings. The van der Waals surface area contributed by atoms with Gasteiger partial charge in [0.1, 0.15) is 0 Å². The second-order valence-corrected chi connectivity index (χ2v) is 9.45. The second-order valence-electron chi connectivity index (χ2n) is 7.81. The van der Waals surface area contributed by atoms with Crippen LogP contribution in [0.3, 0.4) is 0 Å². The summed E-state index contributed by atoms with van der Waals surface area (Å²) in [6, 6.07) is 0. The molecule has 1 heterocycles. The van der Waals surface area contributed by atoms with E-state index >= 15 is 0 Å². The molecule has 0 N–H and O–H groups in total. The van der Waals surface area contributed by atoms with Gasteiger partial charge in [0.2, 0.25) is 0 Å². The van der Waals surface area contributed by atoms with Gasteiger partial charge in [-0.05, 0) is 19.3 Å². The first-order valence-corrected chi connectivity index (χ1v) is 12.9. The van der Waals surface area contributed by atoms with Crippen molar-refractivity contribution in [1.29, 1.82) is 0 Å². The van der Waals surface area contributed by atoms with Crippen LogP contribution in [0.1, 0.15) is 96.8 Å². The van der Waals surface area contributed by atoms with E-state index in [4.69, 9.17) is 13.7 Å².